The number of hydrogen-bond donors (Lipinski definition) is 1. The maximum Gasteiger partial charge on any atom is 0.433 e. The SMILES string of the molecule is CN1CCN(C(=O)c2cn[nH]c2C(F)(F)F)CC1. The van der Waals surface area contributed by atoms with Crippen molar-refractivity contribution in [1.82, 2.24) is 20.0 Å². The van der Waals surface area contributed by atoms with Gasteiger partial charge in [0.1, 0.15) is 0 Å². The number of nitrogens with zero attached hydrogens (tertiary/aromatic N) is 3. The first kappa shape index (κ1) is 12.9. The number of nitrogens with one attached hydrogen (secondary N) is 1. The number of H-pyrrole nitrogens is 1. The molecule has 100 valence electrons. The number of piperazine rings is 1. The summed E-state index contributed by atoms with van der Waals surface area (Å²) < 4.78 is 37.9. The second-order valence-corrected chi connectivity index (χ2v) is 4.25. The average molecular weight is 262 g/mol. The molecule has 1 aromatic heterocycles. The molecule has 1 aromatic rings. The highest BCUT2D eigenvalue weighted by Crippen LogP contribution is 2.30. The molecule has 0 unspecified atom stereocenters. The Labute approximate surface area is 102 Å². The van der Waals surface area contributed by atoms with Crippen LogP contribution in [0.2, 0.25) is 0 Å². The zero-order chi connectivity index (χ0) is 13.3. The Balaban J connectivity index is 2.17. The molecule has 1 fully saturated rings. The van der Waals surface area contributed by atoms with Crippen LogP contribution in [0.15, 0.2) is 6.20 Å². The molecule has 5 nitrogen and oxygen atoms in total. The quantitative estimate of drug-likeness (QED) is 0.815. The van der Waals surface area contributed by atoms with Crippen LogP contribution in [-0.4, -0.2) is 59.1 Å². The molecular weight excluding hydrogens is 249 g/mol. The highest BCUT2D eigenvalue weighted by atomic mass is 19.4. The fourth-order valence-electron chi connectivity index (χ4n) is 1.84. The van der Waals surface area contributed by atoms with E-state index in [0.29, 0.717) is 26.2 Å². The zero-order valence-electron chi connectivity index (χ0n) is 9.79. The highest BCUT2D eigenvalue weighted by molar-refractivity contribution is 5.95. The molecule has 0 radical (unpaired) electrons. The molecule has 0 aliphatic carbocycles. The molecule has 0 saturated carbocycles. The Morgan fingerprint density at radius 3 is 2.50 bits per heavy atom. The van der Waals surface area contributed by atoms with Crippen molar-refractivity contribution in [3.63, 3.8) is 0 Å². The van der Waals surface area contributed by atoms with Crippen LogP contribution in [0.4, 0.5) is 13.2 Å². The van der Waals surface area contributed by atoms with Crippen molar-refractivity contribution in [1.29, 1.82) is 0 Å². The first-order chi connectivity index (χ1) is 8.39. The number of aromatic amines is 1. The second kappa shape index (κ2) is 4.60. The molecule has 1 amide bonds. The van der Waals surface area contributed by atoms with E-state index >= 15 is 0 Å². The van der Waals surface area contributed by atoms with E-state index in [2.05, 4.69) is 5.10 Å². The van der Waals surface area contributed by atoms with E-state index in [9.17, 15) is 18.0 Å². The number of rotatable bonds is 1. The summed E-state index contributed by atoms with van der Waals surface area (Å²) in [5, 5.41) is 5.16. The number of alkyl halides is 3. The maximum absolute atomic E-state index is 12.6. The van der Waals surface area contributed by atoms with Gasteiger partial charge in [0.15, 0.2) is 5.69 Å². The van der Waals surface area contributed by atoms with Gasteiger partial charge in [-0.15, -0.1) is 0 Å². The third-order valence-corrected chi connectivity index (χ3v) is 2.94. The number of carbonyl (C=O) groups is 1. The van der Waals surface area contributed by atoms with Crippen LogP contribution in [0.3, 0.4) is 0 Å². The minimum absolute atomic E-state index is 0.410. The molecule has 0 spiro atoms. The van der Waals surface area contributed by atoms with Crippen LogP contribution in [0.5, 0.6) is 0 Å². The van der Waals surface area contributed by atoms with Crippen molar-refractivity contribution in [3.05, 3.63) is 17.5 Å². The normalized spacial score (nSPS) is 18.1. The van der Waals surface area contributed by atoms with E-state index < -0.39 is 23.3 Å². The predicted molar refractivity (Wildman–Crippen MR) is 57.0 cm³/mol. The smallest absolute Gasteiger partial charge is 0.336 e. The van der Waals surface area contributed by atoms with Gasteiger partial charge in [-0.1, -0.05) is 0 Å². The Bertz CT molecular complexity index is 435. The lowest BCUT2D eigenvalue weighted by atomic mass is 10.2. The summed E-state index contributed by atoms with van der Waals surface area (Å²) in [6.45, 7) is 2.17. The molecule has 1 aliphatic heterocycles. The molecule has 0 aromatic carbocycles. The first-order valence-electron chi connectivity index (χ1n) is 5.48. The summed E-state index contributed by atoms with van der Waals surface area (Å²) in [5.41, 5.74) is -1.49. The van der Waals surface area contributed by atoms with E-state index in [4.69, 9.17) is 0 Å². The van der Waals surface area contributed by atoms with E-state index in [1.807, 2.05) is 17.0 Å². The maximum atomic E-state index is 12.6. The van der Waals surface area contributed by atoms with Crippen LogP contribution in [0.25, 0.3) is 0 Å². The monoisotopic (exact) mass is 262 g/mol. The summed E-state index contributed by atoms with van der Waals surface area (Å²) in [7, 11) is 1.90. The molecule has 1 saturated heterocycles. The lowest BCUT2D eigenvalue weighted by Crippen LogP contribution is -2.47. The molecule has 0 bridgehead atoms. The Morgan fingerprint density at radius 2 is 1.94 bits per heavy atom. The molecule has 18 heavy (non-hydrogen) atoms. The van der Waals surface area contributed by atoms with Gasteiger partial charge in [-0.3, -0.25) is 9.89 Å². The standard InChI is InChI=1S/C10H13F3N4O/c1-16-2-4-17(5-3-16)9(18)7-6-14-15-8(7)10(11,12)13/h6H,2-5H2,1H3,(H,14,15). The second-order valence-electron chi connectivity index (χ2n) is 4.25. The van der Waals surface area contributed by atoms with Crippen molar-refractivity contribution >= 4 is 5.91 Å². The Hall–Kier alpha value is -1.57. The molecule has 0 atom stereocenters. The van der Waals surface area contributed by atoms with Crippen molar-refractivity contribution < 1.29 is 18.0 Å². The van der Waals surface area contributed by atoms with Crippen LogP contribution in [0, 0.1) is 0 Å². The molecule has 2 heterocycles. The van der Waals surface area contributed by atoms with E-state index in [1.54, 1.807) is 0 Å². The van der Waals surface area contributed by atoms with Crippen LogP contribution < -0.4 is 0 Å². The van der Waals surface area contributed by atoms with Gasteiger partial charge in [-0.25, -0.2) is 0 Å². The summed E-state index contributed by atoms with van der Waals surface area (Å²) in [4.78, 5) is 15.4. The van der Waals surface area contributed by atoms with Gasteiger partial charge in [0.25, 0.3) is 5.91 Å². The van der Waals surface area contributed by atoms with E-state index in [-0.39, 0.29) is 0 Å². The number of carbonyl (C=O) groups excluding carboxylic acids is 1. The van der Waals surface area contributed by atoms with Crippen LogP contribution >= 0.6 is 0 Å². The number of hydrogen-bond acceptors (Lipinski definition) is 3. The zero-order valence-corrected chi connectivity index (χ0v) is 9.79. The van der Waals surface area contributed by atoms with Crippen molar-refractivity contribution in [2.45, 2.75) is 6.18 Å². The molecule has 8 heteroatoms. The fourth-order valence-corrected chi connectivity index (χ4v) is 1.84. The molecule has 2 rings (SSSR count). The summed E-state index contributed by atoms with van der Waals surface area (Å²) in [5.74, 6) is -0.621. The number of halogens is 3. The summed E-state index contributed by atoms with van der Waals surface area (Å²) >= 11 is 0. The number of likely N-dealkylation sites (N-methyl/N-ethyl adjacent to an activating group) is 1. The molecular formula is C10H13F3N4O. The van der Waals surface area contributed by atoms with Crippen molar-refractivity contribution in [2.75, 3.05) is 33.2 Å². The van der Waals surface area contributed by atoms with Gasteiger partial charge < -0.3 is 9.80 Å². The topological polar surface area (TPSA) is 52.2 Å². The lowest BCUT2D eigenvalue weighted by molar-refractivity contribution is -0.141. The fraction of sp³-hybridized carbons (Fsp3) is 0.600. The van der Waals surface area contributed by atoms with Gasteiger partial charge in [0.2, 0.25) is 0 Å². The largest absolute Gasteiger partial charge is 0.433 e. The average Bonchev–Trinajstić information content (AvgIpc) is 2.77. The van der Waals surface area contributed by atoms with Gasteiger partial charge >= 0.3 is 6.18 Å². The Kier molecular flexibility index (Phi) is 3.29. The van der Waals surface area contributed by atoms with E-state index in [1.165, 1.54) is 4.90 Å². The van der Waals surface area contributed by atoms with Crippen molar-refractivity contribution in [3.8, 4) is 0 Å². The molecule has 1 aliphatic rings. The van der Waals surface area contributed by atoms with Gasteiger partial charge in [-0.05, 0) is 7.05 Å². The van der Waals surface area contributed by atoms with Gasteiger partial charge in [0, 0.05) is 26.2 Å². The van der Waals surface area contributed by atoms with Gasteiger partial charge in [-0.2, -0.15) is 18.3 Å². The van der Waals surface area contributed by atoms with Crippen LogP contribution in [-0.2, 0) is 6.18 Å². The summed E-state index contributed by atoms with van der Waals surface area (Å²) in [6, 6.07) is 0. The van der Waals surface area contributed by atoms with Gasteiger partial charge in [0.05, 0.1) is 11.8 Å². The summed E-state index contributed by atoms with van der Waals surface area (Å²) in [6.07, 6.45) is -3.66. The van der Waals surface area contributed by atoms with Crippen molar-refractivity contribution in [2.24, 2.45) is 0 Å². The predicted octanol–water partition coefficient (Wildman–Crippen LogP) is 0.816. The minimum Gasteiger partial charge on any atom is -0.336 e. The first-order valence-corrected chi connectivity index (χ1v) is 5.48. The minimum atomic E-state index is -4.59. The highest BCUT2D eigenvalue weighted by Gasteiger charge is 2.38. The molecule has 1 N–H and O–H groups in total. The number of amides is 1. The third kappa shape index (κ3) is 2.47. The number of aromatic nitrogens is 2. The Morgan fingerprint density at radius 1 is 1.33 bits per heavy atom. The van der Waals surface area contributed by atoms with E-state index in [0.717, 1.165) is 6.20 Å². The third-order valence-electron chi connectivity index (χ3n) is 2.94. The lowest BCUT2D eigenvalue weighted by Gasteiger charge is -2.32. The van der Waals surface area contributed by atoms with Crippen LogP contribution in [0.1, 0.15) is 16.1 Å².